The first-order valence-corrected chi connectivity index (χ1v) is 12.4. The molecule has 2 fully saturated rings. The third kappa shape index (κ3) is 9.37. The first-order chi connectivity index (χ1) is 9.36. The topological polar surface area (TPSA) is 24.7 Å². The Morgan fingerprint density at radius 3 is 1.32 bits per heavy atom. The molecule has 2 nitrogen and oxygen atoms in total. The molecule has 0 atom stereocenters. The van der Waals surface area contributed by atoms with E-state index in [1.165, 1.54) is 64.2 Å². The van der Waals surface area contributed by atoms with Crippen LogP contribution in [0.3, 0.4) is 0 Å². The van der Waals surface area contributed by atoms with Crippen molar-refractivity contribution in [3.63, 3.8) is 0 Å². The summed E-state index contributed by atoms with van der Waals surface area (Å²) in [6.07, 6.45) is 17.3. The molecule has 0 heterocycles. The van der Waals surface area contributed by atoms with Gasteiger partial charge in [0.1, 0.15) is 0 Å². The Hall–Kier alpha value is 0.806. The van der Waals surface area contributed by atoms with Crippen LogP contribution in [0.5, 0.6) is 0 Å². The third-order valence-electron chi connectivity index (χ3n) is 3.81. The normalized spacial score (nSPS) is 22.8. The molecule has 19 heavy (non-hydrogen) atoms. The molecule has 0 radical (unpaired) electrons. The molecule has 0 bridgehead atoms. The van der Waals surface area contributed by atoms with Gasteiger partial charge in [-0.3, -0.25) is 9.98 Å². The second kappa shape index (κ2) is 12.5. The van der Waals surface area contributed by atoms with Crippen molar-refractivity contribution < 1.29 is 11.1 Å². The molecule has 0 amide bonds. The molecule has 5 heteroatoms. The number of nitrogens with zero attached hydrogens (tertiary/aromatic N) is 2. The van der Waals surface area contributed by atoms with Crippen LogP contribution in [0.25, 0.3) is 0 Å². The summed E-state index contributed by atoms with van der Waals surface area (Å²) in [7, 11) is 0. The van der Waals surface area contributed by atoms with Crippen LogP contribution in [0.1, 0.15) is 64.2 Å². The van der Waals surface area contributed by atoms with Gasteiger partial charge in [-0.15, -0.1) is 0 Å². The van der Waals surface area contributed by atoms with Crippen LogP contribution in [-0.4, -0.2) is 24.5 Å². The molecule has 0 unspecified atom stereocenters. The van der Waals surface area contributed by atoms with E-state index in [0.717, 1.165) is 11.1 Å². The van der Waals surface area contributed by atoms with Crippen LogP contribution < -0.4 is 0 Å². The molecule has 2 aliphatic rings. The van der Waals surface area contributed by atoms with E-state index >= 15 is 0 Å². The Morgan fingerprint density at radius 2 is 1.00 bits per heavy atom. The van der Waals surface area contributed by atoms with Gasteiger partial charge in [-0.1, -0.05) is 38.5 Å². The number of hydrogen-bond donors (Lipinski definition) is 0. The molecule has 0 spiro atoms. The molecular weight excluding hydrogens is 415 g/mol. The van der Waals surface area contributed by atoms with Crippen molar-refractivity contribution in [3.8, 4) is 0 Å². The Labute approximate surface area is 137 Å². The van der Waals surface area contributed by atoms with E-state index in [-0.39, 0.29) is 0 Å². The average Bonchev–Trinajstić information content (AvgIpc) is 2.47. The summed E-state index contributed by atoms with van der Waals surface area (Å²) >= 11 is 7.12. The fourth-order valence-corrected chi connectivity index (χ4v) is 2.78. The van der Waals surface area contributed by atoms with E-state index in [9.17, 15) is 0 Å². The van der Waals surface area contributed by atoms with Gasteiger partial charge < -0.3 is 0 Å². The Kier molecular flexibility index (Phi) is 11.8. The summed E-state index contributed by atoms with van der Waals surface area (Å²) < 4.78 is 0. The Balaban J connectivity index is 0.000000550. The molecule has 2 rings (SSSR count). The monoisotopic (exact) mass is 437 g/mol. The van der Waals surface area contributed by atoms with E-state index in [2.05, 4.69) is 38.3 Å². The fraction of sp³-hybridized carbons (Fsp3) is 0.857. The van der Waals surface area contributed by atoms with Crippen LogP contribution in [0.15, 0.2) is 9.98 Å². The van der Waals surface area contributed by atoms with Gasteiger partial charge in [0.05, 0.1) is 0 Å². The van der Waals surface area contributed by atoms with Gasteiger partial charge in [0.25, 0.3) is 0 Å². The van der Waals surface area contributed by atoms with Crippen LogP contribution in [-0.2, 0) is 11.1 Å². The van der Waals surface area contributed by atoms with Crippen LogP contribution in [0.2, 0.25) is 0 Å². The van der Waals surface area contributed by atoms with Crippen molar-refractivity contribution in [3.05, 3.63) is 0 Å². The Morgan fingerprint density at radius 1 is 0.684 bits per heavy atom. The van der Waals surface area contributed by atoms with E-state index in [0.29, 0.717) is 12.1 Å². The van der Waals surface area contributed by atoms with Crippen molar-refractivity contribution in [2.24, 2.45) is 9.98 Å². The van der Waals surface area contributed by atoms with Crippen molar-refractivity contribution in [1.29, 1.82) is 0 Å². The summed E-state index contributed by atoms with van der Waals surface area (Å²) in [5, 5.41) is 0. The summed E-state index contributed by atoms with van der Waals surface area (Å²) in [5.74, 6) is 0. The van der Waals surface area contributed by atoms with Crippen LogP contribution in [0, 0.1) is 0 Å². The summed E-state index contributed by atoms with van der Waals surface area (Å²) in [5.41, 5.74) is 0. The van der Waals surface area contributed by atoms with E-state index in [1.807, 2.05) is 12.4 Å². The van der Waals surface area contributed by atoms with Gasteiger partial charge in [0, 0.05) is 24.5 Å². The molecule has 2 saturated carbocycles. The van der Waals surface area contributed by atoms with Crippen molar-refractivity contribution in [2.75, 3.05) is 0 Å². The minimum atomic E-state index is 0.589. The molecule has 0 aromatic rings. The van der Waals surface area contributed by atoms with Gasteiger partial charge in [0.15, 0.2) is 0 Å². The number of aliphatic imine (C=N–C) groups is 2. The van der Waals surface area contributed by atoms with Crippen LogP contribution in [0.4, 0.5) is 0 Å². The zero-order chi connectivity index (χ0) is 13.8. The van der Waals surface area contributed by atoms with E-state index < -0.39 is 0 Å². The van der Waals surface area contributed by atoms with E-state index in [1.54, 1.807) is 0 Å². The fourth-order valence-electron chi connectivity index (χ4n) is 2.78. The predicted octanol–water partition coefficient (Wildman–Crippen LogP) is 5.48. The molecular formula is C14H24Br2CoN2. The molecule has 0 aromatic heterocycles. The summed E-state index contributed by atoms with van der Waals surface area (Å²) in [4.78, 5) is 9.19. The maximum absolute atomic E-state index is 4.59. The van der Waals surface area contributed by atoms with Gasteiger partial charge in [-0.2, -0.15) is 0 Å². The standard InChI is InChI=1S/C14H24N2.2BrH.Co/c1-3-7-13(8-4-1)15-11-12-16-14-9-5-2-6-10-14;;;/h11-14H,1-10H2;2*1H;/q;;;+2/p-2. The van der Waals surface area contributed by atoms with Gasteiger partial charge in [0.2, 0.25) is 0 Å². The minimum absolute atomic E-state index is 0.589. The molecule has 0 aliphatic heterocycles. The average molecular weight is 439 g/mol. The molecule has 0 aromatic carbocycles. The van der Waals surface area contributed by atoms with Crippen molar-refractivity contribution >= 4 is 40.8 Å². The molecule has 0 saturated heterocycles. The zero-order valence-corrected chi connectivity index (χ0v) is 15.6. The van der Waals surface area contributed by atoms with Crippen molar-refractivity contribution in [1.82, 2.24) is 0 Å². The van der Waals surface area contributed by atoms with Crippen LogP contribution >= 0.6 is 28.3 Å². The second-order valence-corrected chi connectivity index (χ2v) is 10.5. The third-order valence-corrected chi connectivity index (χ3v) is 3.81. The first kappa shape index (κ1) is 17.9. The Bertz CT molecular complexity index is 234. The van der Waals surface area contributed by atoms with Gasteiger partial charge in [-0.25, -0.2) is 0 Å². The SMILES string of the molecule is C(C=NC1CCCCC1)=NC1CCCCC1.[Br][Co][Br]. The summed E-state index contributed by atoms with van der Waals surface area (Å²) in [6.45, 7) is 0. The number of rotatable bonds is 3. The van der Waals surface area contributed by atoms with E-state index in [4.69, 9.17) is 0 Å². The van der Waals surface area contributed by atoms with Gasteiger partial charge >= 0.3 is 39.5 Å². The second-order valence-electron chi connectivity index (χ2n) is 5.23. The predicted molar refractivity (Wildman–Crippen MR) is 88.6 cm³/mol. The van der Waals surface area contributed by atoms with Gasteiger partial charge in [-0.05, 0) is 25.7 Å². The quantitative estimate of drug-likeness (QED) is 0.521. The number of hydrogen-bond acceptors (Lipinski definition) is 2. The first-order valence-electron chi connectivity index (χ1n) is 7.25. The molecule has 113 valence electrons. The maximum atomic E-state index is 4.59. The molecule has 0 N–H and O–H groups in total. The number of halogens is 2. The summed E-state index contributed by atoms with van der Waals surface area (Å²) in [6, 6.07) is 1.18. The zero-order valence-electron chi connectivity index (χ0n) is 11.4. The molecule has 2 aliphatic carbocycles. The van der Waals surface area contributed by atoms with Crippen molar-refractivity contribution in [2.45, 2.75) is 76.3 Å².